The molecule has 0 bridgehead atoms. The number of Topliss-reactive ketones (excluding diaryl/α,β-unsaturated/α-hetero) is 1. The fraction of sp³-hybridized carbons (Fsp3) is 0.553. The second-order valence-corrected chi connectivity index (χ2v) is 14.3. The van der Waals surface area contributed by atoms with E-state index in [2.05, 4.69) is 31.1 Å². The molecule has 50 heavy (non-hydrogen) atoms. The summed E-state index contributed by atoms with van der Waals surface area (Å²) < 4.78 is 5.27. The first kappa shape index (κ1) is 38.7. The topological polar surface area (TPSA) is 152 Å². The number of rotatable bonds is 18. The number of piperazine rings is 1. The summed E-state index contributed by atoms with van der Waals surface area (Å²) in [5, 5.41) is 11.5. The number of hydrogen-bond donors (Lipinski definition) is 4. The summed E-state index contributed by atoms with van der Waals surface area (Å²) in [5.74, 6) is -1.96. The van der Waals surface area contributed by atoms with E-state index in [-0.39, 0.29) is 30.6 Å². The number of aryl methyl sites for hydroxylation is 1. The maximum Gasteiger partial charge on any atom is 0.243 e. The Labute approximate surface area is 296 Å². The standard InChI is InChI=1S/C38H54N6O6/c1-26(2)22-31(37(49)42-32(23-29-14-10-7-11-15-29)36(48)39-27(3)34(46)38(4)25-50-38)41-35(47)30(17-16-28-12-8-6-9-13-28)40-33(45)24-44-20-18-43(5)19-21-44/h6-15,26-27,30-32H,16-25H2,1-5H3,(H,39,48)(H,40,45)(H,41,47)(H,42,49)/t27-,30-,31-,32-,38+/m0/s1. The van der Waals surface area contributed by atoms with Gasteiger partial charge in [0.15, 0.2) is 5.78 Å². The Morgan fingerprint density at radius 2 is 1.28 bits per heavy atom. The number of nitrogens with one attached hydrogen (secondary N) is 4. The molecule has 2 aliphatic rings. The average Bonchev–Trinajstić information content (AvgIpc) is 3.85. The molecule has 4 rings (SSSR count). The van der Waals surface area contributed by atoms with Gasteiger partial charge in [0.1, 0.15) is 23.7 Å². The van der Waals surface area contributed by atoms with Gasteiger partial charge in [-0.25, -0.2) is 0 Å². The van der Waals surface area contributed by atoms with Gasteiger partial charge in [-0.2, -0.15) is 0 Å². The molecule has 0 unspecified atom stereocenters. The monoisotopic (exact) mass is 690 g/mol. The number of amides is 4. The van der Waals surface area contributed by atoms with Crippen LogP contribution in [0, 0.1) is 5.92 Å². The summed E-state index contributed by atoms with van der Waals surface area (Å²) in [6, 6.07) is 15.3. The van der Waals surface area contributed by atoms with E-state index < -0.39 is 47.5 Å². The summed E-state index contributed by atoms with van der Waals surface area (Å²) in [7, 11) is 2.05. The number of carbonyl (C=O) groups excluding carboxylic acids is 5. The minimum absolute atomic E-state index is 0.0268. The van der Waals surface area contributed by atoms with Gasteiger partial charge in [-0.05, 0) is 57.2 Å². The maximum absolute atomic E-state index is 13.9. The van der Waals surface area contributed by atoms with Crippen LogP contribution in [0.3, 0.4) is 0 Å². The molecule has 12 heteroatoms. The van der Waals surface area contributed by atoms with E-state index >= 15 is 0 Å². The van der Waals surface area contributed by atoms with Gasteiger partial charge in [0, 0.05) is 32.6 Å². The molecular formula is C38H54N6O6. The van der Waals surface area contributed by atoms with E-state index in [1.807, 2.05) is 81.6 Å². The van der Waals surface area contributed by atoms with Gasteiger partial charge in [-0.3, -0.25) is 28.9 Å². The van der Waals surface area contributed by atoms with Crippen molar-refractivity contribution in [3.8, 4) is 0 Å². The highest BCUT2D eigenvalue weighted by Gasteiger charge is 2.49. The van der Waals surface area contributed by atoms with Crippen molar-refractivity contribution >= 4 is 29.4 Å². The third kappa shape index (κ3) is 12.0. The SMILES string of the molecule is CC(C)C[C@H](NC(=O)[C@H](CCc1ccccc1)NC(=O)CN1CCN(C)CC1)C(=O)N[C@@H](Cc1ccccc1)C(=O)N[C@@H](C)C(=O)[C@@]1(C)CO1. The average molecular weight is 691 g/mol. The first-order valence-electron chi connectivity index (χ1n) is 17.7. The summed E-state index contributed by atoms with van der Waals surface area (Å²) >= 11 is 0. The fourth-order valence-electron chi connectivity index (χ4n) is 6.07. The number of epoxide rings is 1. The molecule has 272 valence electrons. The number of benzene rings is 2. The Balaban J connectivity index is 1.47. The van der Waals surface area contributed by atoms with E-state index in [1.165, 1.54) is 0 Å². The Bertz CT molecular complexity index is 1440. The molecule has 4 N–H and O–H groups in total. The summed E-state index contributed by atoms with van der Waals surface area (Å²) in [6.45, 7) is 10.9. The van der Waals surface area contributed by atoms with Crippen molar-refractivity contribution in [3.63, 3.8) is 0 Å². The zero-order valence-corrected chi connectivity index (χ0v) is 30.1. The van der Waals surface area contributed by atoms with E-state index in [9.17, 15) is 24.0 Å². The van der Waals surface area contributed by atoms with Gasteiger partial charge in [0.05, 0.1) is 19.2 Å². The molecular weight excluding hydrogens is 636 g/mol. The lowest BCUT2D eigenvalue weighted by Gasteiger charge is -2.32. The van der Waals surface area contributed by atoms with Crippen LogP contribution >= 0.6 is 0 Å². The van der Waals surface area contributed by atoms with Crippen LogP contribution in [-0.2, 0) is 41.6 Å². The maximum atomic E-state index is 13.9. The third-order valence-corrected chi connectivity index (χ3v) is 9.29. The van der Waals surface area contributed by atoms with Gasteiger partial charge in [-0.15, -0.1) is 0 Å². The van der Waals surface area contributed by atoms with E-state index in [0.717, 1.165) is 37.3 Å². The van der Waals surface area contributed by atoms with Crippen LogP contribution in [0.1, 0.15) is 51.7 Å². The summed E-state index contributed by atoms with van der Waals surface area (Å²) in [5.41, 5.74) is 0.937. The highest BCUT2D eigenvalue weighted by Crippen LogP contribution is 2.28. The van der Waals surface area contributed by atoms with Crippen molar-refractivity contribution in [1.82, 2.24) is 31.1 Å². The van der Waals surface area contributed by atoms with Crippen LogP contribution in [0.25, 0.3) is 0 Å². The van der Waals surface area contributed by atoms with E-state index in [0.29, 0.717) is 25.9 Å². The summed E-state index contributed by atoms with van der Waals surface area (Å²) in [4.78, 5) is 71.7. The van der Waals surface area contributed by atoms with Gasteiger partial charge in [-0.1, -0.05) is 74.5 Å². The lowest BCUT2D eigenvalue weighted by molar-refractivity contribution is -0.135. The van der Waals surface area contributed by atoms with Gasteiger partial charge in [0.25, 0.3) is 0 Å². The van der Waals surface area contributed by atoms with Crippen molar-refractivity contribution in [3.05, 3.63) is 71.8 Å². The first-order chi connectivity index (χ1) is 23.8. The quantitative estimate of drug-likeness (QED) is 0.172. The van der Waals surface area contributed by atoms with Crippen LogP contribution in [0.2, 0.25) is 0 Å². The van der Waals surface area contributed by atoms with E-state index in [1.54, 1.807) is 13.8 Å². The molecule has 0 aromatic heterocycles. The van der Waals surface area contributed by atoms with Crippen molar-refractivity contribution in [2.45, 2.75) is 83.1 Å². The number of likely N-dealkylation sites (N-methyl/N-ethyl adjacent to an activating group) is 1. The molecule has 2 heterocycles. The van der Waals surface area contributed by atoms with Crippen molar-refractivity contribution in [2.24, 2.45) is 5.92 Å². The molecule has 2 saturated heterocycles. The third-order valence-electron chi connectivity index (χ3n) is 9.29. The lowest BCUT2D eigenvalue weighted by Crippen LogP contribution is -2.59. The van der Waals surface area contributed by atoms with Crippen LogP contribution in [0.4, 0.5) is 0 Å². The Morgan fingerprint density at radius 1 is 0.740 bits per heavy atom. The summed E-state index contributed by atoms with van der Waals surface area (Å²) in [6.07, 6.45) is 1.38. The fourth-order valence-corrected chi connectivity index (χ4v) is 6.07. The molecule has 2 aromatic rings. The number of nitrogens with zero attached hydrogens (tertiary/aromatic N) is 2. The zero-order chi connectivity index (χ0) is 36.3. The number of hydrogen-bond acceptors (Lipinski definition) is 8. The predicted octanol–water partition coefficient (Wildman–Crippen LogP) is 1.47. The molecule has 2 fully saturated rings. The van der Waals surface area contributed by atoms with Crippen LogP contribution in [0.5, 0.6) is 0 Å². The normalized spacial score (nSPS) is 20.2. The van der Waals surface area contributed by atoms with Gasteiger partial charge in [0.2, 0.25) is 23.6 Å². The second kappa shape index (κ2) is 18.2. The molecule has 2 aromatic carbocycles. The zero-order valence-electron chi connectivity index (χ0n) is 30.1. The van der Waals surface area contributed by atoms with Gasteiger partial charge >= 0.3 is 0 Å². The van der Waals surface area contributed by atoms with Crippen LogP contribution < -0.4 is 21.3 Å². The Morgan fingerprint density at radius 3 is 1.86 bits per heavy atom. The Kier molecular flexibility index (Phi) is 14.1. The highest BCUT2D eigenvalue weighted by atomic mass is 16.6. The molecule has 0 aliphatic carbocycles. The smallest absolute Gasteiger partial charge is 0.243 e. The largest absolute Gasteiger partial charge is 0.361 e. The van der Waals surface area contributed by atoms with Crippen molar-refractivity contribution < 1.29 is 28.7 Å². The minimum Gasteiger partial charge on any atom is -0.361 e. The Hall–Kier alpha value is -4.13. The lowest BCUT2D eigenvalue weighted by atomic mass is 9.99. The molecule has 5 atom stereocenters. The molecule has 0 radical (unpaired) electrons. The molecule has 2 aliphatic heterocycles. The molecule has 0 spiro atoms. The van der Waals surface area contributed by atoms with E-state index in [4.69, 9.17) is 4.74 Å². The van der Waals surface area contributed by atoms with Crippen molar-refractivity contribution in [1.29, 1.82) is 0 Å². The number of ketones is 1. The first-order valence-corrected chi connectivity index (χ1v) is 17.7. The molecule has 0 saturated carbocycles. The predicted molar refractivity (Wildman–Crippen MR) is 191 cm³/mol. The van der Waals surface area contributed by atoms with Crippen LogP contribution in [-0.4, -0.2) is 115 Å². The number of carbonyl (C=O) groups is 5. The molecule has 4 amide bonds. The molecule has 12 nitrogen and oxygen atoms in total. The van der Waals surface area contributed by atoms with Crippen molar-refractivity contribution in [2.75, 3.05) is 46.4 Å². The second-order valence-electron chi connectivity index (χ2n) is 14.3. The number of ether oxygens (including phenoxy) is 1. The van der Waals surface area contributed by atoms with Gasteiger partial charge < -0.3 is 30.9 Å². The minimum atomic E-state index is -1.02. The van der Waals surface area contributed by atoms with Crippen LogP contribution in [0.15, 0.2) is 60.7 Å². The highest BCUT2D eigenvalue weighted by molar-refractivity contribution is 5.98.